The number of nitrogens with one attached hydrogen (secondary N) is 2. The molecule has 24 heavy (non-hydrogen) atoms. The lowest BCUT2D eigenvalue weighted by atomic mass is 10.2. The summed E-state index contributed by atoms with van der Waals surface area (Å²) in [7, 11) is 0. The number of H-pyrrole nitrogens is 1. The Labute approximate surface area is 144 Å². The Morgan fingerprint density at radius 1 is 1.33 bits per heavy atom. The van der Waals surface area contributed by atoms with Gasteiger partial charge in [-0.15, -0.1) is 0 Å². The van der Waals surface area contributed by atoms with Crippen molar-refractivity contribution >= 4 is 23.4 Å². The van der Waals surface area contributed by atoms with Crippen molar-refractivity contribution in [1.29, 1.82) is 0 Å². The molecule has 2 rings (SSSR count). The molecule has 0 spiro atoms. The predicted octanol–water partition coefficient (Wildman–Crippen LogP) is 2.04. The normalized spacial score (nSPS) is 12.0. The minimum absolute atomic E-state index is 0.104. The Hall–Kier alpha value is -2.12. The Morgan fingerprint density at radius 2 is 2.00 bits per heavy atom. The van der Waals surface area contributed by atoms with E-state index in [9.17, 15) is 9.59 Å². The first-order chi connectivity index (χ1) is 11.4. The standard InChI is InChI=1S/C17H21N3O3S/c1-10-4-6-13(7-5-10)19-15(22)12(3)24-17-18-11(2)14(8-9-21)16(23)20-17/h4-7,12,21H,8-9H2,1-3H3,(H,19,22)(H,18,20,23). The quantitative estimate of drug-likeness (QED) is 0.549. The van der Waals surface area contributed by atoms with Crippen LogP contribution in [0.15, 0.2) is 34.2 Å². The highest BCUT2D eigenvalue weighted by atomic mass is 32.2. The smallest absolute Gasteiger partial charge is 0.255 e. The molecule has 1 atom stereocenters. The molecule has 1 aromatic carbocycles. The second-order valence-corrected chi connectivity index (χ2v) is 6.85. The summed E-state index contributed by atoms with van der Waals surface area (Å²) in [5.41, 5.74) is 2.62. The second-order valence-electron chi connectivity index (χ2n) is 5.52. The minimum Gasteiger partial charge on any atom is -0.396 e. The third-order valence-electron chi connectivity index (χ3n) is 3.54. The number of aryl methyl sites for hydroxylation is 2. The van der Waals surface area contributed by atoms with Gasteiger partial charge in [-0.1, -0.05) is 29.5 Å². The zero-order chi connectivity index (χ0) is 17.7. The zero-order valence-corrected chi connectivity index (χ0v) is 14.7. The third kappa shape index (κ3) is 4.69. The number of amides is 1. The molecule has 1 heterocycles. The van der Waals surface area contributed by atoms with Gasteiger partial charge in [0, 0.05) is 30.0 Å². The molecule has 0 aliphatic carbocycles. The van der Waals surface area contributed by atoms with Crippen LogP contribution in [0, 0.1) is 13.8 Å². The van der Waals surface area contributed by atoms with E-state index in [-0.39, 0.29) is 24.5 Å². The Morgan fingerprint density at radius 3 is 2.58 bits per heavy atom. The molecular formula is C17H21N3O3S. The zero-order valence-electron chi connectivity index (χ0n) is 13.9. The minimum atomic E-state index is -0.419. The summed E-state index contributed by atoms with van der Waals surface area (Å²) in [5, 5.41) is 11.8. The predicted molar refractivity (Wildman–Crippen MR) is 95.5 cm³/mol. The highest BCUT2D eigenvalue weighted by Gasteiger charge is 2.17. The molecule has 1 unspecified atom stereocenters. The van der Waals surface area contributed by atoms with E-state index in [4.69, 9.17) is 5.11 Å². The van der Waals surface area contributed by atoms with E-state index in [1.807, 2.05) is 31.2 Å². The lowest BCUT2D eigenvalue weighted by Gasteiger charge is -2.12. The van der Waals surface area contributed by atoms with E-state index in [0.717, 1.165) is 11.3 Å². The first kappa shape index (κ1) is 18.2. The van der Waals surface area contributed by atoms with Crippen molar-refractivity contribution in [2.75, 3.05) is 11.9 Å². The molecule has 6 nitrogen and oxygen atoms in total. The number of rotatable bonds is 6. The molecule has 128 valence electrons. The maximum absolute atomic E-state index is 12.3. The summed E-state index contributed by atoms with van der Waals surface area (Å²) in [6, 6.07) is 7.54. The lowest BCUT2D eigenvalue weighted by molar-refractivity contribution is -0.115. The third-order valence-corrected chi connectivity index (χ3v) is 4.52. The highest BCUT2D eigenvalue weighted by molar-refractivity contribution is 8.00. The van der Waals surface area contributed by atoms with E-state index in [2.05, 4.69) is 15.3 Å². The Balaban J connectivity index is 2.06. The van der Waals surface area contributed by atoms with Crippen molar-refractivity contribution in [3.8, 4) is 0 Å². The number of hydrogen-bond acceptors (Lipinski definition) is 5. The van der Waals surface area contributed by atoms with Crippen LogP contribution in [0.5, 0.6) is 0 Å². The van der Waals surface area contributed by atoms with Gasteiger partial charge in [-0.2, -0.15) is 0 Å². The molecule has 0 aliphatic heterocycles. The first-order valence-corrected chi connectivity index (χ1v) is 8.53. The molecule has 0 fully saturated rings. The number of aliphatic hydroxyl groups is 1. The molecule has 7 heteroatoms. The highest BCUT2D eigenvalue weighted by Crippen LogP contribution is 2.21. The number of aliphatic hydroxyl groups excluding tert-OH is 1. The molecule has 0 aliphatic rings. The largest absolute Gasteiger partial charge is 0.396 e. The fourth-order valence-corrected chi connectivity index (χ4v) is 2.99. The van der Waals surface area contributed by atoms with Gasteiger partial charge in [0.05, 0.1) is 5.25 Å². The van der Waals surface area contributed by atoms with Crippen LogP contribution in [0.25, 0.3) is 0 Å². The molecule has 1 aromatic heterocycles. The van der Waals surface area contributed by atoms with Gasteiger partial charge in [0.25, 0.3) is 5.56 Å². The first-order valence-electron chi connectivity index (χ1n) is 7.65. The van der Waals surface area contributed by atoms with Crippen LogP contribution in [0.1, 0.15) is 23.7 Å². The molecular weight excluding hydrogens is 326 g/mol. The maximum Gasteiger partial charge on any atom is 0.255 e. The van der Waals surface area contributed by atoms with Crippen LogP contribution in [-0.2, 0) is 11.2 Å². The van der Waals surface area contributed by atoms with E-state index in [1.54, 1.807) is 13.8 Å². The summed E-state index contributed by atoms with van der Waals surface area (Å²) in [6.07, 6.45) is 0.266. The second kappa shape index (κ2) is 8.12. The lowest BCUT2D eigenvalue weighted by Crippen LogP contribution is -2.24. The monoisotopic (exact) mass is 347 g/mol. The number of benzene rings is 1. The fraction of sp³-hybridized carbons (Fsp3) is 0.353. The number of nitrogens with zero attached hydrogens (tertiary/aromatic N) is 1. The number of aromatic nitrogens is 2. The molecule has 1 amide bonds. The molecule has 0 saturated carbocycles. The van der Waals surface area contributed by atoms with Crippen molar-refractivity contribution in [3.05, 3.63) is 51.4 Å². The van der Waals surface area contributed by atoms with Gasteiger partial charge in [-0.05, 0) is 32.9 Å². The average Bonchev–Trinajstić information content (AvgIpc) is 2.53. The van der Waals surface area contributed by atoms with Crippen molar-refractivity contribution in [3.63, 3.8) is 0 Å². The molecule has 2 aromatic rings. The number of thioether (sulfide) groups is 1. The average molecular weight is 347 g/mol. The van der Waals surface area contributed by atoms with E-state index >= 15 is 0 Å². The molecule has 0 bridgehead atoms. The van der Waals surface area contributed by atoms with Crippen LogP contribution in [0.4, 0.5) is 5.69 Å². The Kier molecular flexibility index (Phi) is 6.16. The SMILES string of the molecule is Cc1ccc(NC(=O)C(C)Sc2nc(C)c(CCO)c(=O)[nH]2)cc1. The summed E-state index contributed by atoms with van der Waals surface area (Å²) < 4.78 is 0. The van der Waals surface area contributed by atoms with Crippen molar-refractivity contribution in [2.24, 2.45) is 0 Å². The van der Waals surface area contributed by atoms with Crippen molar-refractivity contribution < 1.29 is 9.90 Å². The van der Waals surface area contributed by atoms with Crippen LogP contribution < -0.4 is 10.9 Å². The molecule has 0 radical (unpaired) electrons. The van der Waals surface area contributed by atoms with Crippen molar-refractivity contribution in [1.82, 2.24) is 9.97 Å². The van der Waals surface area contributed by atoms with Gasteiger partial charge in [-0.3, -0.25) is 9.59 Å². The summed E-state index contributed by atoms with van der Waals surface area (Å²) in [5.74, 6) is -0.163. The number of aromatic amines is 1. The summed E-state index contributed by atoms with van der Waals surface area (Å²) in [4.78, 5) is 31.2. The van der Waals surface area contributed by atoms with Gasteiger partial charge in [0.1, 0.15) is 0 Å². The number of carbonyl (C=O) groups is 1. The van der Waals surface area contributed by atoms with E-state index in [0.29, 0.717) is 16.4 Å². The number of anilines is 1. The summed E-state index contributed by atoms with van der Waals surface area (Å²) in [6.45, 7) is 5.36. The Bertz CT molecular complexity index is 772. The van der Waals surface area contributed by atoms with Gasteiger partial charge < -0.3 is 15.4 Å². The molecule has 3 N–H and O–H groups in total. The molecule has 0 saturated heterocycles. The van der Waals surface area contributed by atoms with Crippen LogP contribution in [-0.4, -0.2) is 32.8 Å². The fourth-order valence-electron chi connectivity index (χ4n) is 2.15. The van der Waals surface area contributed by atoms with Gasteiger partial charge in [0.2, 0.25) is 5.91 Å². The topological polar surface area (TPSA) is 95.1 Å². The number of hydrogen-bond donors (Lipinski definition) is 3. The maximum atomic E-state index is 12.3. The van der Waals surface area contributed by atoms with Crippen LogP contribution in [0.3, 0.4) is 0 Å². The van der Waals surface area contributed by atoms with Gasteiger partial charge in [-0.25, -0.2) is 4.98 Å². The van der Waals surface area contributed by atoms with E-state index in [1.165, 1.54) is 11.8 Å². The number of carbonyl (C=O) groups excluding carboxylic acids is 1. The van der Waals surface area contributed by atoms with Gasteiger partial charge >= 0.3 is 0 Å². The van der Waals surface area contributed by atoms with Crippen LogP contribution >= 0.6 is 11.8 Å². The summed E-state index contributed by atoms with van der Waals surface area (Å²) >= 11 is 1.19. The van der Waals surface area contributed by atoms with Crippen LogP contribution in [0.2, 0.25) is 0 Å². The van der Waals surface area contributed by atoms with Crippen molar-refractivity contribution in [2.45, 2.75) is 37.6 Å². The van der Waals surface area contributed by atoms with E-state index < -0.39 is 5.25 Å². The van der Waals surface area contributed by atoms with Gasteiger partial charge in [0.15, 0.2) is 5.16 Å².